The van der Waals surface area contributed by atoms with E-state index >= 15 is 0 Å². The number of nitrogens with one attached hydrogen (secondary N) is 1. The Labute approximate surface area is 181 Å². The van der Waals surface area contributed by atoms with Gasteiger partial charge < -0.3 is 9.84 Å². The predicted molar refractivity (Wildman–Crippen MR) is 116 cm³/mol. The van der Waals surface area contributed by atoms with Gasteiger partial charge in [-0.3, -0.25) is 14.9 Å². The van der Waals surface area contributed by atoms with E-state index in [2.05, 4.69) is 15.5 Å². The van der Waals surface area contributed by atoms with Gasteiger partial charge in [0, 0.05) is 39.0 Å². The molecule has 0 unspecified atom stereocenters. The van der Waals surface area contributed by atoms with E-state index in [1.165, 1.54) is 6.07 Å². The number of carbonyl (C=O) groups excluding carboxylic acids is 1. The van der Waals surface area contributed by atoms with Crippen LogP contribution in [-0.2, 0) is 0 Å². The number of rotatable bonds is 5. The number of hydrogen-bond donors (Lipinski definition) is 1. The minimum Gasteiger partial charge on any atom is -0.334 e. The largest absolute Gasteiger partial charge is 0.334 e. The zero-order valence-electron chi connectivity index (χ0n) is 16.2. The number of hydrogen-bond acceptors (Lipinski definition) is 6. The molecular formula is C22H15ClN4O4. The van der Waals surface area contributed by atoms with E-state index in [4.69, 9.17) is 16.1 Å². The number of nitrogens with zero attached hydrogens (tertiary/aromatic N) is 3. The van der Waals surface area contributed by atoms with Crippen LogP contribution in [0.4, 0.5) is 11.4 Å². The van der Waals surface area contributed by atoms with Crippen LogP contribution in [0.2, 0.25) is 5.02 Å². The van der Waals surface area contributed by atoms with Crippen molar-refractivity contribution in [2.24, 2.45) is 0 Å². The number of anilines is 1. The lowest BCUT2D eigenvalue weighted by Crippen LogP contribution is -2.11. The van der Waals surface area contributed by atoms with Gasteiger partial charge in [-0.2, -0.15) is 4.98 Å². The summed E-state index contributed by atoms with van der Waals surface area (Å²) >= 11 is 5.92. The smallest absolute Gasteiger partial charge is 0.273 e. The molecule has 0 bridgehead atoms. The molecule has 3 aromatic carbocycles. The highest BCUT2D eigenvalue weighted by Crippen LogP contribution is 2.30. The monoisotopic (exact) mass is 434 g/mol. The van der Waals surface area contributed by atoms with E-state index < -0.39 is 4.92 Å². The summed E-state index contributed by atoms with van der Waals surface area (Å²) in [6.45, 7) is 1.63. The summed E-state index contributed by atoms with van der Waals surface area (Å²) in [6.07, 6.45) is 0. The summed E-state index contributed by atoms with van der Waals surface area (Å²) in [7, 11) is 0. The Morgan fingerprint density at radius 1 is 1.10 bits per heavy atom. The summed E-state index contributed by atoms with van der Waals surface area (Å²) in [4.78, 5) is 27.4. The molecule has 31 heavy (non-hydrogen) atoms. The first-order valence-corrected chi connectivity index (χ1v) is 9.55. The van der Waals surface area contributed by atoms with Crippen LogP contribution in [0.5, 0.6) is 0 Å². The molecule has 0 radical (unpaired) electrons. The molecule has 0 fully saturated rings. The Balaban J connectivity index is 1.53. The lowest BCUT2D eigenvalue weighted by atomic mass is 10.1. The quantitative estimate of drug-likeness (QED) is 0.326. The van der Waals surface area contributed by atoms with Gasteiger partial charge in [0.2, 0.25) is 5.82 Å². The molecule has 0 saturated heterocycles. The molecule has 0 aliphatic heterocycles. The molecule has 154 valence electrons. The molecule has 0 saturated carbocycles. The molecule has 0 aliphatic rings. The number of nitro benzene ring substituents is 1. The highest BCUT2D eigenvalue weighted by molar-refractivity contribution is 6.31. The predicted octanol–water partition coefficient (Wildman–Crippen LogP) is 5.53. The highest BCUT2D eigenvalue weighted by atomic mass is 35.5. The van der Waals surface area contributed by atoms with E-state index in [-0.39, 0.29) is 17.5 Å². The van der Waals surface area contributed by atoms with Crippen LogP contribution in [0.15, 0.2) is 71.3 Å². The fourth-order valence-electron chi connectivity index (χ4n) is 3.04. The van der Waals surface area contributed by atoms with Gasteiger partial charge in [-0.15, -0.1) is 0 Å². The van der Waals surface area contributed by atoms with Crippen LogP contribution < -0.4 is 5.32 Å². The van der Waals surface area contributed by atoms with Crippen molar-refractivity contribution in [2.75, 3.05) is 5.32 Å². The van der Waals surface area contributed by atoms with E-state index in [1.807, 2.05) is 0 Å². The Hall–Kier alpha value is -4.04. The van der Waals surface area contributed by atoms with E-state index in [1.54, 1.807) is 67.6 Å². The Morgan fingerprint density at radius 2 is 1.84 bits per heavy atom. The summed E-state index contributed by atoms with van der Waals surface area (Å²) in [5.74, 6) is 0.237. The summed E-state index contributed by atoms with van der Waals surface area (Å²) in [5.41, 5.74) is 2.63. The topological polar surface area (TPSA) is 111 Å². The first kappa shape index (κ1) is 20.2. The second kappa shape index (κ2) is 8.37. The first-order chi connectivity index (χ1) is 14.9. The molecule has 1 amide bonds. The van der Waals surface area contributed by atoms with Gasteiger partial charge in [0.15, 0.2) is 0 Å². The number of amides is 1. The standard InChI is InChI=1S/C22H15ClN4O4/c1-13-18(6-3-7-19(13)27(29)30)22-25-20(26-31-22)14-8-10-17(11-9-14)24-21(28)15-4-2-5-16(23)12-15/h2-12H,1H3,(H,24,28). The van der Waals surface area contributed by atoms with Crippen LogP contribution in [0.25, 0.3) is 22.8 Å². The third-order valence-corrected chi connectivity index (χ3v) is 4.88. The maximum Gasteiger partial charge on any atom is 0.273 e. The third kappa shape index (κ3) is 4.29. The van der Waals surface area contributed by atoms with Crippen molar-refractivity contribution in [1.29, 1.82) is 0 Å². The van der Waals surface area contributed by atoms with Crippen molar-refractivity contribution in [1.82, 2.24) is 10.1 Å². The van der Waals surface area contributed by atoms with Gasteiger partial charge in [-0.05, 0) is 55.5 Å². The Bertz CT molecular complexity index is 1280. The van der Waals surface area contributed by atoms with E-state index in [9.17, 15) is 14.9 Å². The van der Waals surface area contributed by atoms with Crippen molar-refractivity contribution in [3.63, 3.8) is 0 Å². The van der Waals surface area contributed by atoms with Crippen LogP contribution >= 0.6 is 11.6 Å². The summed E-state index contributed by atoms with van der Waals surface area (Å²) in [6, 6.07) is 18.2. The molecular weight excluding hydrogens is 420 g/mol. The van der Waals surface area contributed by atoms with Crippen molar-refractivity contribution in [3.05, 3.63) is 93.0 Å². The van der Waals surface area contributed by atoms with Crippen molar-refractivity contribution in [3.8, 4) is 22.8 Å². The fourth-order valence-corrected chi connectivity index (χ4v) is 3.23. The molecule has 1 heterocycles. The highest BCUT2D eigenvalue weighted by Gasteiger charge is 2.19. The summed E-state index contributed by atoms with van der Waals surface area (Å²) in [5, 5.41) is 18.4. The second-order valence-corrected chi connectivity index (χ2v) is 7.11. The lowest BCUT2D eigenvalue weighted by Gasteiger charge is -2.06. The molecule has 0 spiro atoms. The minimum absolute atomic E-state index is 0.0166. The number of nitro groups is 1. The number of halogens is 1. The maximum atomic E-state index is 12.3. The van der Waals surface area contributed by atoms with Gasteiger partial charge >= 0.3 is 0 Å². The van der Waals surface area contributed by atoms with Crippen LogP contribution in [0.3, 0.4) is 0 Å². The Morgan fingerprint density at radius 3 is 2.55 bits per heavy atom. The normalized spacial score (nSPS) is 10.6. The second-order valence-electron chi connectivity index (χ2n) is 6.67. The lowest BCUT2D eigenvalue weighted by molar-refractivity contribution is -0.385. The molecule has 8 nitrogen and oxygen atoms in total. The molecule has 0 aliphatic carbocycles. The van der Waals surface area contributed by atoms with Gasteiger partial charge in [0.25, 0.3) is 17.5 Å². The van der Waals surface area contributed by atoms with Crippen LogP contribution in [0.1, 0.15) is 15.9 Å². The van der Waals surface area contributed by atoms with Crippen molar-refractivity contribution in [2.45, 2.75) is 6.92 Å². The van der Waals surface area contributed by atoms with Gasteiger partial charge in [0.05, 0.1) is 4.92 Å². The van der Waals surface area contributed by atoms with Crippen LogP contribution in [0, 0.1) is 17.0 Å². The molecule has 4 rings (SSSR count). The minimum atomic E-state index is -0.452. The zero-order valence-corrected chi connectivity index (χ0v) is 17.0. The Kier molecular flexibility index (Phi) is 5.46. The van der Waals surface area contributed by atoms with Crippen molar-refractivity contribution < 1.29 is 14.2 Å². The van der Waals surface area contributed by atoms with Crippen molar-refractivity contribution >= 4 is 28.9 Å². The molecule has 9 heteroatoms. The molecule has 4 aromatic rings. The van der Waals surface area contributed by atoms with Gasteiger partial charge in [0.1, 0.15) is 0 Å². The third-order valence-electron chi connectivity index (χ3n) is 4.65. The average Bonchev–Trinajstić information content (AvgIpc) is 3.24. The molecule has 1 aromatic heterocycles. The van der Waals surface area contributed by atoms with E-state index in [0.29, 0.717) is 38.8 Å². The summed E-state index contributed by atoms with van der Waals surface area (Å²) < 4.78 is 5.32. The SMILES string of the molecule is Cc1c(-c2nc(-c3ccc(NC(=O)c4cccc(Cl)c4)cc3)no2)cccc1[N+](=O)[O-]. The maximum absolute atomic E-state index is 12.3. The molecule has 0 atom stereocenters. The zero-order chi connectivity index (χ0) is 22.0. The number of benzene rings is 3. The first-order valence-electron chi connectivity index (χ1n) is 9.18. The number of aromatic nitrogens is 2. The molecule has 1 N–H and O–H groups in total. The van der Waals surface area contributed by atoms with Crippen LogP contribution in [-0.4, -0.2) is 21.0 Å². The van der Waals surface area contributed by atoms with Gasteiger partial charge in [-0.25, -0.2) is 0 Å². The average molecular weight is 435 g/mol. The van der Waals surface area contributed by atoms with Gasteiger partial charge in [-0.1, -0.05) is 28.9 Å². The van der Waals surface area contributed by atoms with E-state index in [0.717, 1.165) is 0 Å². The number of carbonyl (C=O) groups is 1. The fraction of sp³-hybridized carbons (Fsp3) is 0.0455.